The minimum Gasteiger partial charge on any atom is -0.387 e. The maximum Gasteiger partial charge on any atom is 0.472 e. The largest absolute Gasteiger partial charge is 0.472 e. The second-order valence-corrected chi connectivity index (χ2v) is 14.7. The van der Waals surface area contributed by atoms with Crippen LogP contribution < -0.4 is 11.3 Å². The summed E-state index contributed by atoms with van der Waals surface area (Å²) in [7, 11) is -4.99. The lowest BCUT2D eigenvalue weighted by atomic mass is 10.1. The molecule has 3 saturated heterocycles. The van der Waals surface area contributed by atoms with Crippen LogP contribution in [-0.2, 0) is 43.9 Å². The van der Waals surface area contributed by atoms with E-state index in [1.165, 1.54) is 17.2 Å². The Bertz CT molecular complexity index is 1960. The second kappa shape index (κ2) is 11.7. The average molecular weight is 706 g/mol. The summed E-state index contributed by atoms with van der Waals surface area (Å²) in [5, 5.41) is 21.9. The fourth-order valence-electron chi connectivity index (χ4n) is 5.63. The van der Waals surface area contributed by atoms with E-state index in [9.17, 15) is 33.7 Å². The lowest BCUT2D eigenvalue weighted by molar-refractivity contribution is -0.0514. The summed E-state index contributed by atoms with van der Waals surface area (Å²) in [5.74, 6) is -0.907. The van der Waals surface area contributed by atoms with Gasteiger partial charge in [0.05, 0.1) is 32.0 Å². The number of rotatable bonds is 2. The number of aromatic amines is 1. The number of H-pyrrole nitrogens is 1. The minimum atomic E-state index is -4.99. The van der Waals surface area contributed by atoms with Gasteiger partial charge in [-0.1, -0.05) is 0 Å². The SMILES string of the molecule is Nc1ncnc2c1ncn2[C@@H]1O[C@@H]2CCOP(=O)(O)O[C@@H]3[C@H](O)[C@@H](COP(O)(=S)O[C@H]2[C@H]1O)O[C@H]3n1cc(F)c2c(=O)[nH]cnc21. The number of nitrogen functional groups attached to an aromatic ring is 1. The van der Waals surface area contributed by atoms with Gasteiger partial charge in [0.25, 0.3) is 5.56 Å². The van der Waals surface area contributed by atoms with Crippen LogP contribution in [0, 0.1) is 5.82 Å². The number of ether oxygens (including phenoxy) is 2. The number of phosphoric acid groups is 1. The number of imidazole rings is 1. The molecule has 0 radical (unpaired) electrons. The smallest absolute Gasteiger partial charge is 0.387 e. The van der Waals surface area contributed by atoms with Crippen LogP contribution in [0.1, 0.15) is 18.9 Å². The number of hydrogen-bond donors (Lipinski definition) is 6. The number of aliphatic hydroxyl groups is 2. The number of fused-ring (bicyclic) bond motifs is 5. The van der Waals surface area contributed by atoms with Gasteiger partial charge in [0, 0.05) is 12.6 Å². The van der Waals surface area contributed by atoms with Crippen molar-refractivity contribution in [2.24, 2.45) is 0 Å². The van der Waals surface area contributed by atoms with Crippen LogP contribution in [-0.4, -0.2) is 104 Å². The average Bonchev–Trinajstić information content (AvgIpc) is 3.73. The summed E-state index contributed by atoms with van der Waals surface area (Å²) >= 11 is 5.20. The number of phosphoric ester groups is 1. The Labute approximate surface area is 260 Å². The quantitative estimate of drug-likeness (QED) is 0.141. The Hall–Kier alpha value is -2.82. The van der Waals surface area contributed by atoms with E-state index < -0.39 is 93.6 Å². The van der Waals surface area contributed by atoms with Crippen molar-refractivity contribution in [3.63, 3.8) is 0 Å². The zero-order valence-corrected chi connectivity index (χ0v) is 25.7. The van der Waals surface area contributed by atoms with Crippen molar-refractivity contribution in [1.82, 2.24) is 34.1 Å². The molecule has 4 aromatic rings. The molecule has 20 nitrogen and oxygen atoms in total. The number of nitrogens with zero attached hydrogens (tertiary/aromatic N) is 6. The van der Waals surface area contributed by atoms with E-state index >= 15 is 0 Å². The van der Waals surface area contributed by atoms with Crippen molar-refractivity contribution in [2.45, 2.75) is 55.5 Å². The van der Waals surface area contributed by atoms with Crippen molar-refractivity contribution >= 4 is 54.4 Å². The summed E-state index contributed by atoms with van der Waals surface area (Å²) in [4.78, 5) is 52.2. The van der Waals surface area contributed by atoms with Gasteiger partial charge in [0.15, 0.2) is 35.4 Å². The number of halogens is 1. The minimum absolute atomic E-state index is 0.0819. The van der Waals surface area contributed by atoms with Gasteiger partial charge in [-0.15, -0.1) is 0 Å². The Morgan fingerprint density at radius 1 is 1.00 bits per heavy atom. The van der Waals surface area contributed by atoms with E-state index in [0.717, 1.165) is 17.1 Å². The molecule has 3 fully saturated rings. The van der Waals surface area contributed by atoms with Gasteiger partial charge in [-0.2, -0.15) is 0 Å². The van der Waals surface area contributed by atoms with E-state index in [0.29, 0.717) is 0 Å². The fourth-order valence-corrected chi connectivity index (χ4v) is 8.00. The Balaban J connectivity index is 1.18. The molecular formula is C22H25FN8O12P2S. The van der Waals surface area contributed by atoms with Crippen molar-refractivity contribution in [3.8, 4) is 0 Å². The summed E-state index contributed by atoms with van der Waals surface area (Å²) in [6.45, 7) is -5.41. The first kappa shape index (κ1) is 31.8. The standard InChI is InChI=1S/C22H25FN8O12P2S/c23-8-3-30(18-11(8)20(34)28-6-26-18)22-16-13(32)10(41-22)4-39-45(37,46)43-15-9(1-2-38-44(35,36)42-16)40-21(14(15)33)31-7-29-12-17(24)25-5-27-19(12)31/h3,5-7,9-10,13-16,21-22,32-33H,1-2,4H2,(H,35,36)(H,37,46)(H2,24,25,27)(H,26,28,34)/t9-,10-,13-,14-,15-,16-,21-,22-,45?/m1/s1. The molecule has 3 aliphatic rings. The van der Waals surface area contributed by atoms with Gasteiger partial charge in [0.2, 0.25) is 0 Å². The molecule has 4 aromatic heterocycles. The molecule has 7 N–H and O–H groups in total. The third-order valence-corrected chi connectivity index (χ3v) is 10.3. The number of nitrogens with two attached hydrogens (primary N) is 1. The predicted octanol–water partition coefficient (Wildman–Crippen LogP) is -0.673. The van der Waals surface area contributed by atoms with Gasteiger partial charge >= 0.3 is 14.5 Å². The molecule has 10 atom stereocenters. The maximum atomic E-state index is 14.8. The molecule has 0 spiro atoms. The highest BCUT2D eigenvalue weighted by Gasteiger charge is 2.52. The lowest BCUT2D eigenvalue weighted by Crippen LogP contribution is -2.37. The second-order valence-electron chi connectivity index (χ2n) is 10.5. The summed E-state index contributed by atoms with van der Waals surface area (Å²) in [6, 6.07) is 0. The van der Waals surface area contributed by atoms with Gasteiger partial charge in [0.1, 0.15) is 47.8 Å². The molecule has 0 aliphatic carbocycles. The Morgan fingerprint density at radius 3 is 2.59 bits per heavy atom. The highest BCUT2D eigenvalue weighted by molar-refractivity contribution is 8.07. The highest BCUT2D eigenvalue weighted by atomic mass is 32.5. The van der Waals surface area contributed by atoms with E-state index in [1.807, 2.05) is 0 Å². The van der Waals surface area contributed by atoms with Crippen molar-refractivity contribution in [1.29, 1.82) is 0 Å². The van der Waals surface area contributed by atoms with Crippen LogP contribution in [0.25, 0.3) is 22.2 Å². The van der Waals surface area contributed by atoms with Gasteiger partial charge in [-0.05, 0) is 11.8 Å². The van der Waals surface area contributed by atoms with Crippen LogP contribution in [0.4, 0.5) is 10.2 Å². The molecule has 24 heteroatoms. The Morgan fingerprint density at radius 2 is 1.78 bits per heavy atom. The first-order chi connectivity index (χ1) is 21.8. The first-order valence-corrected chi connectivity index (χ1v) is 17.6. The molecule has 0 amide bonds. The molecule has 0 saturated carbocycles. The van der Waals surface area contributed by atoms with Crippen molar-refractivity contribution in [3.05, 3.63) is 41.3 Å². The van der Waals surface area contributed by atoms with E-state index in [4.69, 9.17) is 45.1 Å². The van der Waals surface area contributed by atoms with Gasteiger partial charge < -0.3 is 49.3 Å². The molecular weight excluding hydrogens is 681 g/mol. The fraction of sp³-hybridized carbons (Fsp3) is 0.500. The van der Waals surface area contributed by atoms with E-state index in [2.05, 4.69) is 24.9 Å². The van der Waals surface area contributed by atoms with Gasteiger partial charge in [-0.3, -0.25) is 22.9 Å². The highest BCUT2D eigenvalue weighted by Crippen LogP contribution is 2.53. The molecule has 3 aliphatic heterocycles. The number of anilines is 1. The zero-order chi connectivity index (χ0) is 32.5. The molecule has 2 bridgehead atoms. The molecule has 0 aromatic carbocycles. The van der Waals surface area contributed by atoms with Crippen molar-refractivity contribution < 1.29 is 56.5 Å². The third kappa shape index (κ3) is 5.58. The molecule has 7 heterocycles. The van der Waals surface area contributed by atoms with Crippen LogP contribution in [0.2, 0.25) is 0 Å². The lowest BCUT2D eigenvalue weighted by Gasteiger charge is -2.27. The molecule has 46 heavy (non-hydrogen) atoms. The number of aromatic nitrogens is 7. The normalized spacial score (nSPS) is 37.4. The van der Waals surface area contributed by atoms with E-state index in [1.54, 1.807) is 0 Å². The molecule has 248 valence electrons. The van der Waals surface area contributed by atoms with E-state index in [-0.39, 0.29) is 29.0 Å². The molecule has 2 unspecified atom stereocenters. The van der Waals surface area contributed by atoms with Gasteiger partial charge in [-0.25, -0.2) is 28.9 Å². The summed E-state index contributed by atoms with van der Waals surface area (Å²) < 4.78 is 63.7. The van der Waals surface area contributed by atoms with Crippen LogP contribution in [0.5, 0.6) is 0 Å². The summed E-state index contributed by atoms with van der Waals surface area (Å²) in [6.07, 6.45) is -7.41. The zero-order valence-electron chi connectivity index (χ0n) is 23.0. The number of nitrogens with one attached hydrogen (secondary N) is 1. The first-order valence-electron chi connectivity index (χ1n) is 13.5. The number of aliphatic hydroxyl groups excluding tert-OH is 2. The van der Waals surface area contributed by atoms with Crippen LogP contribution >= 0.6 is 14.5 Å². The maximum absolute atomic E-state index is 14.8. The summed E-state index contributed by atoms with van der Waals surface area (Å²) in [5.41, 5.74) is 5.30. The van der Waals surface area contributed by atoms with Crippen LogP contribution in [0.3, 0.4) is 0 Å². The third-order valence-electron chi connectivity index (χ3n) is 7.70. The number of hydrogen-bond acceptors (Lipinski definition) is 16. The predicted molar refractivity (Wildman–Crippen MR) is 152 cm³/mol. The topological polar surface area (TPSA) is 274 Å². The van der Waals surface area contributed by atoms with Crippen molar-refractivity contribution in [2.75, 3.05) is 18.9 Å². The molecule has 7 rings (SSSR count). The Kier molecular flexibility index (Phi) is 8.08. The monoisotopic (exact) mass is 706 g/mol. The van der Waals surface area contributed by atoms with Crippen LogP contribution in [0.15, 0.2) is 30.0 Å².